The zero-order valence-electron chi connectivity index (χ0n) is 12.7. The van der Waals surface area contributed by atoms with Gasteiger partial charge in [-0.25, -0.2) is 0 Å². The first-order valence-corrected chi connectivity index (χ1v) is 8.00. The molecule has 2 aliphatic carbocycles. The molecule has 4 heteroatoms. The first kappa shape index (κ1) is 14.1. The molecule has 0 saturated carbocycles. The fourth-order valence-electron chi connectivity index (χ4n) is 4.26. The molecule has 0 saturated heterocycles. The normalized spacial score (nSPS) is 27.2. The van der Waals surface area contributed by atoms with Crippen LogP contribution in [0.2, 0.25) is 0 Å². The van der Waals surface area contributed by atoms with Crippen molar-refractivity contribution < 1.29 is 20.4 Å². The summed E-state index contributed by atoms with van der Waals surface area (Å²) in [5.41, 5.74) is 3.90. The number of aliphatic hydroxyl groups is 4. The summed E-state index contributed by atoms with van der Waals surface area (Å²) in [5.74, 6) is 0. The molecule has 0 heterocycles. The highest BCUT2D eigenvalue weighted by atomic mass is 16.3. The Morgan fingerprint density at radius 3 is 1.96 bits per heavy atom. The maximum Gasteiger partial charge on any atom is 0.110 e. The van der Waals surface area contributed by atoms with Crippen LogP contribution >= 0.6 is 0 Å². The first-order chi connectivity index (χ1) is 11.6. The molecule has 4 atom stereocenters. The van der Waals surface area contributed by atoms with Crippen molar-refractivity contribution in [2.45, 2.75) is 24.4 Å². The van der Waals surface area contributed by atoms with Gasteiger partial charge in [-0.2, -0.15) is 0 Å². The molecule has 0 aliphatic heterocycles. The number of benzene rings is 3. The van der Waals surface area contributed by atoms with Crippen LogP contribution in [0, 0.1) is 0 Å². The zero-order chi connectivity index (χ0) is 16.6. The predicted molar refractivity (Wildman–Crippen MR) is 89.2 cm³/mol. The van der Waals surface area contributed by atoms with Gasteiger partial charge in [0.25, 0.3) is 0 Å². The average Bonchev–Trinajstić information content (AvgIpc) is 2.62. The van der Waals surface area contributed by atoms with Crippen molar-refractivity contribution in [1.82, 2.24) is 0 Å². The number of aliphatic hydroxyl groups excluding tert-OH is 4. The standard InChI is InChI=1S/C20H16O4/c21-17-11-6-3-7-12-14(11)15-13(19(17)23)8-9-4-1-2-5-10(9)16(15)20(24)18(12)22/h1-8,17-24H/t17-,18-,19+,20+/m1/s1. The van der Waals surface area contributed by atoms with Crippen LogP contribution in [0.5, 0.6) is 0 Å². The maximum absolute atomic E-state index is 10.8. The summed E-state index contributed by atoms with van der Waals surface area (Å²) in [5, 5.41) is 44.3. The Kier molecular flexibility index (Phi) is 2.74. The van der Waals surface area contributed by atoms with E-state index in [4.69, 9.17) is 0 Å². The Morgan fingerprint density at radius 2 is 1.21 bits per heavy atom. The Bertz CT molecular complexity index is 980. The Morgan fingerprint density at radius 1 is 0.583 bits per heavy atom. The second-order valence-electron chi connectivity index (χ2n) is 6.57. The third kappa shape index (κ3) is 1.56. The van der Waals surface area contributed by atoms with E-state index >= 15 is 0 Å². The van der Waals surface area contributed by atoms with Crippen LogP contribution in [0.4, 0.5) is 0 Å². The van der Waals surface area contributed by atoms with E-state index in [0.29, 0.717) is 22.3 Å². The van der Waals surface area contributed by atoms with Gasteiger partial charge in [-0.3, -0.25) is 0 Å². The Labute approximate surface area is 138 Å². The van der Waals surface area contributed by atoms with E-state index in [1.165, 1.54) is 0 Å². The molecular weight excluding hydrogens is 304 g/mol. The van der Waals surface area contributed by atoms with E-state index < -0.39 is 24.4 Å². The van der Waals surface area contributed by atoms with Crippen LogP contribution in [-0.2, 0) is 0 Å². The molecule has 5 rings (SSSR count). The quantitative estimate of drug-likeness (QED) is 0.513. The number of fused-ring (bicyclic) bond motifs is 2. The van der Waals surface area contributed by atoms with Crippen LogP contribution in [0.15, 0.2) is 48.5 Å². The zero-order valence-corrected chi connectivity index (χ0v) is 12.7. The molecule has 0 spiro atoms. The van der Waals surface area contributed by atoms with E-state index in [2.05, 4.69) is 0 Å². The van der Waals surface area contributed by atoms with E-state index in [1.807, 2.05) is 30.3 Å². The lowest BCUT2D eigenvalue weighted by Crippen LogP contribution is -2.26. The smallest absolute Gasteiger partial charge is 0.110 e. The van der Waals surface area contributed by atoms with Crippen molar-refractivity contribution in [3.05, 3.63) is 70.8 Å². The number of rotatable bonds is 0. The van der Waals surface area contributed by atoms with Gasteiger partial charge in [-0.1, -0.05) is 42.5 Å². The summed E-state index contributed by atoms with van der Waals surface area (Å²) in [6.07, 6.45) is -4.25. The van der Waals surface area contributed by atoms with Gasteiger partial charge in [0.05, 0.1) is 0 Å². The molecule has 0 radical (unpaired) electrons. The van der Waals surface area contributed by atoms with Gasteiger partial charge in [-0.15, -0.1) is 0 Å². The van der Waals surface area contributed by atoms with Crippen molar-refractivity contribution in [2.24, 2.45) is 0 Å². The number of hydrogen-bond acceptors (Lipinski definition) is 4. The van der Waals surface area contributed by atoms with E-state index in [-0.39, 0.29) is 0 Å². The fourth-order valence-corrected chi connectivity index (χ4v) is 4.26. The third-order valence-corrected chi connectivity index (χ3v) is 5.35. The van der Waals surface area contributed by atoms with E-state index in [9.17, 15) is 20.4 Å². The van der Waals surface area contributed by atoms with Crippen LogP contribution in [0.25, 0.3) is 21.9 Å². The van der Waals surface area contributed by atoms with Crippen LogP contribution < -0.4 is 0 Å². The molecule has 0 amide bonds. The Hall–Kier alpha value is -2.24. The molecule has 120 valence electrons. The molecule has 0 aromatic heterocycles. The van der Waals surface area contributed by atoms with Gasteiger partial charge in [0.15, 0.2) is 0 Å². The second-order valence-corrected chi connectivity index (χ2v) is 6.57. The van der Waals surface area contributed by atoms with Crippen LogP contribution in [0.3, 0.4) is 0 Å². The summed E-state index contributed by atoms with van der Waals surface area (Å²) in [6, 6.07) is 14.7. The molecule has 24 heavy (non-hydrogen) atoms. The maximum atomic E-state index is 10.8. The van der Waals surface area contributed by atoms with E-state index in [0.717, 1.165) is 21.9 Å². The molecule has 4 N–H and O–H groups in total. The summed E-state index contributed by atoms with van der Waals surface area (Å²) < 4.78 is 0. The lowest BCUT2D eigenvalue weighted by atomic mass is 9.70. The van der Waals surface area contributed by atoms with Gasteiger partial charge in [0.2, 0.25) is 0 Å². The van der Waals surface area contributed by atoms with Crippen molar-refractivity contribution >= 4 is 10.8 Å². The SMILES string of the molecule is O[C@@H]1c2cccc3c2-c2c(cc4ccccc4c2[C@H](O)[C@@H]3O)[C@@H]1O. The van der Waals surface area contributed by atoms with Gasteiger partial charge in [0, 0.05) is 0 Å². The minimum absolute atomic E-state index is 0.593. The van der Waals surface area contributed by atoms with Crippen LogP contribution in [-0.4, -0.2) is 20.4 Å². The Balaban J connectivity index is 2.02. The molecule has 3 aromatic rings. The summed E-state index contributed by atoms with van der Waals surface area (Å²) in [7, 11) is 0. The largest absolute Gasteiger partial charge is 0.385 e. The summed E-state index contributed by atoms with van der Waals surface area (Å²) >= 11 is 0. The van der Waals surface area contributed by atoms with Crippen molar-refractivity contribution in [3.8, 4) is 11.1 Å². The molecule has 0 bridgehead atoms. The minimum Gasteiger partial charge on any atom is -0.385 e. The van der Waals surface area contributed by atoms with Gasteiger partial charge >= 0.3 is 0 Å². The van der Waals surface area contributed by atoms with Gasteiger partial charge in [-0.05, 0) is 50.2 Å². The molecule has 3 aromatic carbocycles. The molecular formula is C20H16O4. The second kappa shape index (κ2) is 4.65. The summed E-state index contributed by atoms with van der Waals surface area (Å²) in [4.78, 5) is 0. The van der Waals surface area contributed by atoms with Gasteiger partial charge in [0.1, 0.15) is 24.4 Å². The number of hydrogen-bond donors (Lipinski definition) is 4. The molecule has 0 unspecified atom stereocenters. The first-order valence-electron chi connectivity index (χ1n) is 8.00. The fraction of sp³-hybridized carbons (Fsp3) is 0.200. The molecule has 2 aliphatic rings. The average molecular weight is 320 g/mol. The highest BCUT2D eigenvalue weighted by Crippen LogP contribution is 2.56. The lowest BCUT2D eigenvalue weighted by Gasteiger charge is -2.38. The van der Waals surface area contributed by atoms with Crippen LogP contribution in [0.1, 0.15) is 46.7 Å². The third-order valence-electron chi connectivity index (χ3n) is 5.35. The molecule has 4 nitrogen and oxygen atoms in total. The highest BCUT2D eigenvalue weighted by Gasteiger charge is 2.41. The lowest BCUT2D eigenvalue weighted by molar-refractivity contribution is 0.00662. The van der Waals surface area contributed by atoms with Crippen molar-refractivity contribution in [3.63, 3.8) is 0 Å². The minimum atomic E-state index is -1.07. The van der Waals surface area contributed by atoms with Gasteiger partial charge < -0.3 is 20.4 Å². The monoisotopic (exact) mass is 320 g/mol. The predicted octanol–water partition coefficient (Wildman–Crippen LogP) is 2.67. The summed E-state index contributed by atoms with van der Waals surface area (Å²) in [6.45, 7) is 0. The van der Waals surface area contributed by atoms with Crippen molar-refractivity contribution in [2.75, 3.05) is 0 Å². The topological polar surface area (TPSA) is 80.9 Å². The van der Waals surface area contributed by atoms with E-state index in [1.54, 1.807) is 18.2 Å². The molecule has 0 fully saturated rings. The van der Waals surface area contributed by atoms with Crippen molar-refractivity contribution in [1.29, 1.82) is 0 Å². The highest BCUT2D eigenvalue weighted by molar-refractivity contribution is 5.97.